The Hall–Kier alpha value is -1.35. The fourth-order valence-corrected chi connectivity index (χ4v) is 2.33. The average molecular weight is 233 g/mol. The highest BCUT2D eigenvalue weighted by molar-refractivity contribution is 5.94. The maximum absolute atomic E-state index is 12.2. The van der Waals surface area contributed by atoms with Crippen LogP contribution in [0.4, 0.5) is 0 Å². The van der Waals surface area contributed by atoms with Crippen LogP contribution in [0, 0.1) is 12.8 Å². The van der Waals surface area contributed by atoms with Gasteiger partial charge in [-0.3, -0.25) is 4.79 Å². The van der Waals surface area contributed by atoms with Crippen LogP contribution in [0.2, 0.25) is 0 Å². The summed E-state index contributed by atoms with van der Waals surface area (Å²) in [6, 6.07) is 7.66. The molecular weight excluding hydrogens is 214 g/mol. The van der Waals surface area contributed by atoms with Gasteiger partial charge in [-0.25, -0.2) is 0 Å². The average Bonchev–Trinajstić information content (AvgIpc) is 2.77. The third-order valence-corrected chi connectivity index (χ3v) is 3.46. The fourth-order valence-electron chi connectivity index (χ4n) is 2.33. The molecule has 1 amide bonds. The van der Waals surface area contributed by atoms with Gasteiger partial charge < -0.3 is 10.0 Å². The van der Waals surface area contributed by atoms with E-state index in [9.17, 15) is 9.90 Å². The van der Waals surface area contributed by atoms with Crippen LogP contribution in [0.25, 0.3) is 0 Å². The summed E-state index contributed by atoms with van der Waals surface area (Å²) in [6.07, 6.45) is 0.570. The van der Waals surface area contributed by atoms with Gasteiger partial charge in [-0.2, -0.15) is 0 Å². The van der Waals surface area contributed by atoms with Crippen LogP contribution in [-0.4, -0.2) is 35.1 Å². The molecule has 92 valence electrons. The Morgan fingerprint density at radius 3 is 2.88 bits per heavy atom. The van der Waals surface area contributed by atoms with Crippen molar-refractivity contribution in [3.63, 3.8) is 0 Å². The van der Waals surface area contributed by atoms with Crippen molar-refractivity contribution in [3.05, 3.63) is 35.4 Å². The summed E-state index contributed by atoms with van der Waals surface area (Å²) in [5.41, 5.74) is 1.85. The number of nitrogens with zero attached hydrogens (tertiary/aromatic N) is 1. The summed E-state index contributed by atoms with van der Waals surface area (Å²) >= 11 is 0. The van der Waals surface area contributed by atoms with Gasteiger partial charge in [-0.15, -0.1) is 0 Å². The lowest BCUT2D eigenvalue weighted by Crippen LogP contribution is -2.30. The first kappa shape index (κ1) is 12.1. The Morgan fingerprint density at radius 1 is 1.53 bits per heavy atom. The van der Waals surface area contributed by atoms with Crippen LogP contribution in [-0.2, 0) is 0 Å². The summed E-state index contributed by atoms with van der Waals surface area (Å²) in [5.74, 6) is 0.306. The Labute approximate surface area is 102 Å². The molecule has 3 nitrogen and oxygen atoms in total. The van der Waals surface area contributed by atoms with Crippen LogP contribution < -0.4 is 0 Å². The van der Waals surface area contributed by atoms with Crippen LogP contribution in [0.15, 0.2) is 24.3 Å². The fraction of sp³-hybridized carbons (Fsp3) is 0.500. The smallest absolute Gasteiger partial charge is 0.253 e. The van der Waals surface area contributed by atoms with E-state index in [4.69, 9.17) is 0 Å². The molecule has 0 saturated carbocycles. The molecule has 1 fully saturated rings. The molecule has 1 aromatic carbocycles. The SMILES string of the molecule is Cc1cccc(C(=O)N2CCC(C(C)O)C2)c1. The minimum atomic E-state index is -0.328. The number of carbonyl (C=O) groups is 1. The zero-order chi connectivity index (χ0) is 12.4. The van der Waals surface area contributed by atoms with E-state index in [2.05, 4.69) is 0 Å². The highest BCUT2D eigenvalue weighted by Crippen LogP contribution is 2.21. The highest BCUT2D eigenvalue weighted by atomic mass is 16.3. The molecule has 0 spiro atoms. The topological polar surface area (TPSA) is 40.5 Å². The summed E-state index contributed by atoms with van der Waals surface area (Å²) in [4.78, 5) is 14.1. The Morgan fingerprint density at radius 2 is 2.29 bits per heavy atom. The molecule has 17 heavy (non-hydrogen) atoms. The van der Waals surface area contributed by atoms with Gasteiger partial charge >= 0.3 is 0 Å². The number of amides is 1. The predicted octanol–water partition coefficient (Wildman–Crippen LogP) is 1.84. The molecule has 3 heteroatoms. The number of rotatable bonds is 2. The molecule has 0 bridgehead atoms. The van der Waals surface area contributed by atoms with E-state index in [1.807, 2.05) is 36.1 Å². The van der Waals surface area contributed by atoms with Gasteiger partial charge in [0.15, 0.2) is 0 Å². The van der Waals surface area contributed by atoms with Gasteiger partial charge in [0.2, 0.25) is 0 Å². The number of aryl methyl sites for hydroxylation is 1. The number of hydrogen-bond donors (Lipinski definition) is 1. The number of aliphatic hydroxyl groups excluding tert-OH is 1. The van der Waals surface area contributed by atoms with E-state index in [1.54, 1.807) is 6.92 Å². The molecule has 0 aromatic heterocycles. The van der Waals surface area contributed by atoms with Gasteiger partial charge in [0.1, 0.15) is 0 Å². The number of likely N-dealkylation sites (tertiary alicyclic amines) is 1. The summed E-state index contributed by atoms with van der Waals surface area (Å²) < 4.78 is 0. The molecule has 0 aliphatic carbocycles. The molecule has 1 aromatic rings. The van der Waals surface area contributed by atoms with Crippen LogP contribution in [0.5, 0.6) is 0 Å². The van der Waals surface area contributed by atoms with E-state index < -0.39 is 0 Å². The molecule has 1 aliphatic rings. The maximum atomic E-state index is 12.2. The number of benzene rings is 1. The predicted molar refractivity (Wildman–Crippen MR) is 66.9 cm³/mol. The summed E-state index contributed by atoms with van der Waals surface area (Å²) in [7, 11) is 0. The molecule has 1 N–H and O–H groups in total. The third kappa shape index (κ3) is 2.67. The van der Waals surface area contributed by atoms with Gasteiger partial charge in [0, 0.05) is 24.6 Å². The number of aliphatic hydroxyl groups is 1. The van der Waals surface area contributed by atoms with Crippen molar-refractivity contribution in [3.8, 4) is 0 Å². The molecule has 1 saturated heterocycles. The zero-order valence-corrected chi connectivity index (χ0v) is 10.4. The summed E-state index contributed by atoms with van der Waals surface area (Å²) in [5, 5.41) is 9.53. The minimum Gasteiger partial charge on any atom is -0.393 e. The van der Waals surface area contributed by atoms with Crippen molar-refractivity contribution >= 4 is 5.91 Å². The maximum Gasteiger partial charge on any atom is 0.253 e. The lowest BCUT2D eigenvalue weighted by Gasteiger charge is -2.18. The third-order valence-electron chi connectivity index (χ3n) is 3.46. The first-order valence-corrected chi connectivity index (χ1v) is 6.12. The first-order valence-electron chi connectivity index (χ1n) is 6.12. The molecule has 1 heterocycles. The molecule has 2 atom stereocenters. The van der Waals surface area contributed by atoms with Crippen molar-refractivity contribution in [2.75, 3.05) is 13.1 Å². The molecule has 0 radical (unpaired) electrons. The second kappa shape index (κ2) is 4.88. The van der Waals surface area contributed by atoms with Gasteiger partial charge in [0.25, 0.3) is 5.91 Å². The Kier molecular flexibility index (Phi) is 3.48. The number of hydrogen-bond acceptors (Lipinski definition) is 2. The number of carbonyl (C=O) groups excluding carboxylic acids is 1. The molecular formula is C14H19NO2. The summed E-state index contributed by atoms with van der Waals surface area (Å²) in [6.45, 7) is 5.21. The van der Waals surface area contributed by atoms with Crippen molar-refractivity contribution < 1.29 is 9.90 Å². The van der Waals surface area contributed by atoms with Crippen molar-refractivity contribution in [2.24, 2.45) is 5.92 Å². The Balaban J connectivity index is 2.07. The molecule has 2 unspecified atom stereocenters. The van der Waals surface area contributed by atoms with Gasteiger partial charge in [0.05, 0.1) is 6.10 Å². The zero-order valence-electron chi connectivity index (χ0n) is 10.4. The van der Waals surface area contributed by atoms with Crippen molar-refractivity contribution in [1.82, 2.24) is 4.90 Å². The van der Waals surface area contributed by atoms with Crippen LogP contribution in [0.3, 0.4) is 0 Å². The van der Waals surface area contributed by atoms with E-state index in [-0.39, 0.29) is 17.9 Å². The van der Waals surface area contributed by atoms with Crippen LogP contribution in [0.1, 0.15) is 29.3 Å². The minimum absolute atomic E-state index is 0.0804. The lowest BCUT2D eigenvalue weighted by atomic mass is 10.0. The molecule has 2 rings (SSSR count). The largest absolute Gasteiger partial charge is 0.393 e. The van der Waals surface area contributed by atoms with Gasteiger partial charge in [-0.1, -0.05) is 17.7 Å². The second-order valence-corrected chi connectivity index (χ2v) is 4.91. The van der Waals surface area contributed by atoms with E-state index in [0.29, 0.717) is 6.54 Å². The monoisotopic (exact) mass is 233 g/mol. The molecule has 1 aliphatic heterocycles. The standard InChI is InChI=1S/C14H19NO2/c1-10-4-3-5-12(8-10)14(17)15-7-6-13(9-15)11(2)16/h3-5,8,11,13,16H,6-7,9H2,1-2H3. The first-order chi connectivity index (χ1) is 8.08. The van der Waals surface area contributed by atoms with Gasteiger partial charge in [-0.05, 0) is 32.4 Å². The normalized spacial score (nSPS) is 21.6. The van der Waals surface area contributed by atoms with Crippen molar-refractivity contribution in [2.45, 2.75) is 26.4 Å². The highest BCUT2D eigenvalue weighted by Gasteiger charge is 2.29. The van der Waals surface area contributed by atoms with Crippen LogP contribution >= 0.6 is 0 Å². The Bertz CT molecular complexity index is 414. The van der Waals surface area contributed by atoms with Crippen molar-refractivity contribution in [1.29, 1.82) is 0 Å². The lowest BCUT2D eigenvalue weighted by molar-refractivity contribution is 0.0762. The van der Waals surface area contributed by atoms with E-state index in [1.165, 1.54) is 0 Å². The second-order valence-electron chi connectivity index (χ2n) is 4.91. The quantitative estimate of drug-likeness (QED) is 0.846. The van der Waals surface area contributed by atoms with E-state index >= 15 is 0 Å². The van der Waals surface area contributed by atoms with E-state index in [0.717, 1.165) is 24.1 Å².